The minimum absolute atomic E-state index is 0.0839. The Morgan fingerprint density at radius 3 is 0.939 bits per heavy atom. The summed E-state index contributed by atoms with van der Waals surface area (Å²) in [6.45, 7) is 6.46. The summed E-state index contributed by atoms with van der Waals surface area (Å²) in [5.41, 5.74) is 0. The van der Waals surface area contributed by atoms with Gasteiger partial charge in [0.05, 0.1) is 0 Å². The second-order valence-electron chi connectivity index (χ2n) is 18.1. The van der Waals surface area contributed by atoms with Gasteiger partial charge in [-0.15, -0.1) is 0 Å². The Morgan fingerprint density at radius 2 is 0.591 bits per heavy atom. The van der Waals surface area contributed by atoms with E-state index < -0.39 is 6.10 Å². The summed E-state index contributed by atoms with van der Waals surface area (Å²) in [5, 5.41) is 0. The predicted octanol–water partition coefficient (Wildman–Crippen LogP) is 18.4. The van der Waals surface area contributed by atoms with Gasteiger partial charge in [-0.05, 0) is 96.3 Å². The lowest BCUT2D eigenvalue weighted by Crippen LogP contribution is -2.30. The first-order chi connectivity index (χ1) is 32.5. The fourth-order valence-corrected chi connectivity index (χ4v) is 7.50. The van der Waals surface area contributed by atoms with Gasteiger partial charge in [0.15, 0.2) is 6.10 Å². The standard InChI is InChI=1S/C60H102O6/c1-4-7-10-13-16-18-20-22-24-26-27-28-29-30-31-32-33-34-36-37-39-41-44-47-50-53-59(62)65-56-57(55-64-58(61)52-49-46-43-15-12-9-6-3)66-60(63)54-51-48-45-42-40-38-35-25-23-21-19-17-14-11-8-5-2/h7,10,16,18,22,24-25,27-28,30-31,33-35,57H,4-6,8-9,11-15,17,19-21,23,26,29,32,36-56H2,1-3H3/b10-7-,18-16-,24-22-,28-27-,31-30-,34-33-,35-25-. The van der Waals surface area contributed by atoms with E-state index >= 15 is 0 Å². The predicted molar refractivity (Wildman–Crippen MR) is 284 cm³/mol. The molecule has 0 aromatic carbocycles. The lowest BCUT2D eigenvalue weighted by molar-refractivity contribution is -0.167. The van der Waals surface area contributed by atoms with Crippen molar-refractivity contribution in [3.8, 4) is 0 Å². The molecule has 6 nitrogen and oxygen atoms in total. The van der Waals surface area contributed by atoms with Crippen LogP contribution in [0.3, 0.4) is 0 Å². The zero-order valence-corrected chi connectivity index (χ0v) is 43.2. The number of hydrogen-bond donors (Lipinski definition) is 0. The number of rotatable bonds is 49. The highest BCUT2D eigenvalue weighted by molar-refractivity contribution is 5.71. The van der Waals surface area contributed by atoms with Gasteiger partial charge in [0, 0.05) is 19.3 Å². The van der Waals surface area contributed by atoms with E-state index in [1.165, 1.54) is 96.3 Å². The Labute approximate surface area is 407 Å². The van der Waals surface area contributed by atoms with E-state index in [0.29, 0.717) is 19.3 Å². The highest BCUT2D eigenvalue weighted by atomic mass is 16.6. The van der Waals surface area contributed by atoms with Crippen LogP contribution >= 0.6 is 0 Å². The smallest absolute Gasteiger partial charge is 0.306 e. The Hall–Kier alpha value is -3.41. The number of unbranched alkanes of at least 4 members (excludes halogenated alkanes) is 24. The molecule has 0 bridgehead atoms. The Morgan fingerprint density at radius 1 is 0.318 bits per heavy atom. The molecule has 0 aliphatic rings. The topological polar surface area (TPSA) is 78.9 Å². The van der Waals surface area contributed by atoms with E-state index in [4.69, 9.17) is 14.2 Å². The first-order valence-corrected chi connectivity index (χ1v) is 27.6. The van der Waals surface area contributed by atoms with Crippen molar-refractivity contribution < 1.29 is 28.6 Å². The minimum atomic E-state index is -0.784. The molecule has 0 spiro atoms. The summed E-state index contributed by atoms with van der Waals surface area (Å²) in [4.78, 5) is 37.9. The van der Waals surface area contributed by atoms with E-state index in [2.05, 4.69) is 106 Å². The number of hydrogen-bond acceptors (Lipinski definition) is 6. The summed E-state index contributed by atoms with van der Waals surface area (Å²) in [6, 6.07) is 0. The average molecular weight is 919 g/mol. The lowest BCUT2D eigenvalue weighted by Gasteiger charge is -2.18. The molecule has 1 atom stereocenters. The van der Waals surface area contributed by atoms with Crippen molar-refractivity contribution in [2.24, 2.45) is 0 Å². The highest BCUT2D eigenvalue weighted by Gasteiger charge is 2.19. The zero-order valence-electron chi connectivity index (χ0n) is 43.2. The van der Waals surface area contributed by atoms with Gasteiger partial charge < -0.3 is 14.2 Å². The van der Waals surface area contributed by atoms with Crippen LogP contribution in [-0.2, 0) is 28.6 Å². The molecular formula is C60H102O6. The van der Waals surface area contributed by atoms with Crippen LogP contribution in [0.5, 0.6) is 0 Å². The van der Waals surface area contributed by atoms with Crippen LogP contribution in [-0.4, -0.2) is 37.2 Å². The average Bonchev–Trinajstić information content (AvgIpc) is 3.31. The molecule has 1 unspecified atom stereocenters. The maximum absolute atomic E-state index is 12.8. The first kappa shape index (κ1) is 62.6. The third-order valence-corrected chi connectivity index (χ3v) is 11.6. The van der Waals surface area contributed by atoms with Gasteiger partial charge in [-0.1, -0.05) is 228 Å². The third-order valence-electron chi connectivity index (χ3n) is 11.6. The van der Waals surface area contributed by atoms with Crippen molar-refractivity contribution in [3.63, 3.8) is 0 Å². The fraction of sp³-hybridized carbons (Fsp3) is 0.717. The maximum atomic E-state index is 12.8. The molecule has 0 radical (unpaired) electrons. The van der Waals surface area contributed by atoms with Gasteiger partial charge in [0.2, 0.25) is 0 Å². The molecule has 0 N–H and O–H groups in total. The van der Waals surface area contributed by atoms with E-state index in [-0.39, 0.29) is 31.1 Å². The van der Waals surface area contributed by atoms with Crippen molar-refractivity contribution in [2.45, 2.75) is 264 Å². The molecule has 6 heteroatoms. The third kappa shape index (κ3) is 51.6. The quantitative estimate of drug-likeness (QED) is 0.0262. The van der Waals surface area contributed by atoms with Crippen LogP contribution in [0.2, 0.25) is 0 Å². The fourth-order valence-electron chi connectivity index (χ4n) is 7.50. The second kappa shape index (κ2) is 54.2. The Balaban J connectivity index is 4.25. The highest BCUT2D eigenvalue weighted by Crippen LogP contribution is 2.14. The Bertz CT molecular complexity index is 1290. The molecular weight excluding hydrogens is 817 g/mol. The Kier molecular flexibility index (Phi) is 51.4. The summed E-state index contributed by atoms with van der Waals surface area (Å²) in [7, 11) is 0. The SMILES string of the molecule is CC/C=C\C/C=C\C/C=C\C/C=C\C/C=C\C/C=C\CCCCCCCCC(=O)OCC(COC(=O)CCCCCCCCC)OC(=O)CCCCCCC/C=C\CCCCCCCCC. The molecule has 0 rings (SSSR count). The van der Waals surface area contributed by atoms with Crippen molar-refractivity contribution in [2.75, 3.05) is 13.2 Å². The molecule has 0 aromatic heterocycles. The molecule has 0 aliphatic heterocycles. The summed E-state index contributed by atoms with van der Waals surface area (Å²) in [6.07, 6.45) is 70.2. The van der Waals surface area contributed by atoms with Gasteiger partial charge in [-0.3, -0.25) is 14.4 Å². The molecule has 0 aromatic rings. The molecule has 66 heavy (non-hydrogen) atoms. The van der Waals surface area contributed by atoms with Crippen molar-refractivity contribution in [1.82, 2.24) is 0 Å². The van der Waals surface area contributed by atoms with Crippen LogP contribution in [0.1, 0.15) is 258 Å². The van der Waals surface area contributed by atoms with Crippen molar-refractivity contribution in [3.05, 3.63) is 85.1 Å². The maximum Gasteiger partial charge on any atom is 0.306 e. The largest absolute Gasteiger partial charge is 0.462 e. The van der Waals surface area contributed by atoms with Crippen molar-refractivity contribution >= 4 is 17.9 Å². The van der Waals surface area contributed by atoms with E-state index in [9.17, 15) is 14.4 Å². The number of allylic oxidation sites excluding steroid dienone is 14. The van der Waals surface area contributed by atoms with E-state index in [0.717, 1.165) is 122 Å². The summed E-state index contributed by atoms with van der Waals surface area (Å²) in [5.74, 6) is -0.912. The molecule has 0 amide bonds. The van der Waals surface area contributed by atoms with Gasteiger partial charge >= 0.3 is 17.9 Å². The lowest BCUT2D eigenvalue weighted by atomic mass is 10.1. The van der Waals surface area contributed by atoms with E-state index in [1.807, 2.05) is 0 Å². The number of carbonyl (C=O) groups is 3. The molecule has 378 valence electrons. The van der Waals surface area contributed by atoms with Crippen LogP contribution in [0, 0.1) is 0 Å². The second-order valence-corrected chi connectivity index (χ2v) is 18.1. The summed E-state index contributed by atoms with van der Waals surface area (Å²) >= 11 is 0. The monoisotopic (exact) mass is 919 g/mol. The van der Waals surface area contributed by atoms with Crippen LogP contribution in [0.15, 0.2) is 85.1 Å². The number of ether oxygens (including phenoxy) is 3. The van der Waals surface area contributed by atoms with Crippen LogP contribution in [0.25, 0.3) is 0 Å². The molecule has 0 saturated carbocycles. The molecule has 0 saturated heterocycles. The van der Waals surface area contributed by atoms with Gasteiger partial charge in [0.1, 0.15) is 13.2 Å². The number of carbonyl (C=O) groups excluding carboxylic acids is 3. The molecule has 0 heterocycles. The van der Waals surface area contributed by atoms with Crippen molar-refractivity contribution in [1.29, 1.82) is 0 Å². The van der Waals surface area contributed by atoms with E-state index in [1.54, 1.807) is 0 Å². The molecule has 0 fully saturated rings. The van der Waals surface area contributed by atoms with Gasteiger partial charge in [0.25, 0.3) is 0 Å². The molecule has 0 aliphatic carbocycles. The zero-order chi connectivity index (χ0) is 47.9. The van der Waals surface area contributed by atoms with Gasteiger partial charge in [-0.25, -0.2) is 0 Å². The van der Waals surface area contributed by atoms with Gasteiger partial charge in [-0.2, -0.15) is 0 Å². The minimum Gasteiger partial charge on any atom is -0.462 e. The normalized spacial score (nSPS) is 12.7. The summed E-state index contributed by atoms with van der Waals surface area (Å²) < 4.78 is 16.7. The van der Waals surface area contributed by atoms with Crippen LogP contribution < -0.4 is 0 Å². The number of esters is 3. The van der Waals surface area contributed by atoms with Crippen LogP contribution in [0.4, 0.5) is 0 Å². The first-order valence-electron chi connectivity index (χ1n) is 27.6.